The van der Waals surface area contributed by atoms with Crippen molar-refractivity contribution in [2.45, 2.75) is 12.8 Å². The van der Waals surface area contributed by atoms with Gasteiger partial charge in [0.1, 0.15) is 0 Å². The molecule has 0 amide bonds. The van der Waals surface area contributed by atoms with Crippen LogP contribution >= 0.6 is 0 Å². The van der Waals surface area contributed by atoms with Gasteiger partial charge in [-0.3, -0.25) is 0 Å². The number of hydrogen-bond acceptors (Lipinski definition) is 2. The molecular formula is C4H8Na2O2. The van der Waals surface area contributed by atoms with E-state index in [0.29, 0.717) is 0 Å². The van der Waals surface area contributed by atoms with Crippen molar-refractivity contribution in [1.82, 2.24) is 0 Å². The Hall–Kier alpha value is 1.92. The van der Waals surface area contributed by atoms with Crippen LogP contribution in [0.5, 0.6) is 0 Å². The van der Waals surface area contributed by atoms with E-state index in [0.717, 1.165) is 26.1 Å². The molecule has 1 rings (SSSR count). The first-order chi connectivity index (χ1) is 3.00. The topological polar surface area (TPSA) is 18.5 Å². The van der Waals surface area contributed by atoms with Crippen LogP contribution in [0.2, 0.25) is 0 Å². The van der Waals surface area contributed by atoms with Gasteiger partial charge in [0.05, 0.1) is 13.2 Å². The zero-order chi connectivity index (χ0) is 4.24. The van der Waals surface area contributed by atoms with E-state index in [1.54, 1.807) is 0 Å². The molecule has 0 aromatic heterocycles. The summed E-state index contributed by atoms with van der Waals surface area (Å²) in [5.41, 5.74) is 0. The third-order valence-corrected chi connectivity index (χ3v) is 0.789. The van der Waals surface area contributed by atoms with Crippen LogP contribution in [-0.4, -0.2) is 72.3 Å². The third kappa shape index (κ3) is 6.05. The summed E-state index contributed by atoms with van der Waals surface area (Å²) >= 11 is 0. The van der Waals surface area contributed by atoms with Gasteiger partial charge in [-0.2, -0.15) is 0 Å². The van der Waals surface area contributed by atoms with Crippen LogP contribution in [0, 0.1) is 0 Å². The normalized spacial score (nSPS) is 18.0. The Morgan fingerprint density at radius 3 is 1.25 bits per heavy atom. The Morgan fingerprint density at radius 2 is 1.12 bits per heavy atom. The smallest absolute Gasteiger partial charge is 0.0823 e. The predicted molar refractivity (Wildman–Crippen MR) is 32.6 cm³/mol. The van der Waals surface area contributed by atoms with Gasteiger partial charge in [-0.25, -0.2) is 9.78 Å². The van der Waals surface area contributed by atoms with Gasteiger partial charge in [-0.05, 0) is 12.8 Å². The fourth-order valence-corrected chi connectivity index (χ4v) is 0.440. The molecule has 0 aromatic carbocycles. The molecule has 0 aromatic rings. The molecule has 0 saturated carbocycles. The SMILES string of the molecule is C1CCOOC1.[Na].[Na]. The second-order valence-corrected chi connectivity index (χ2v) is 1.35. The molecule has 0 N–H and O–H groups in total. The van der Waals surface area contributed by atoms with Crippen LogP contribution in [0.25, 0.3) is 0 Å². The van der Waals surface area contributed by atoms with E-state index in [-0.39, 0.29) is 59.1 Å². The zero-order valence-electron chi connectivity index (χ0n) is 5.64. The zero-order valence-corrected chi connectivity index (χ0v) is 9.64. The Kier molecular flexibility index (Phi) is 14.0. The molecule has 1 heterocycles. The Balaban J connectivity index is 0. The minimum Gasteiger partial charge on any atom is -0.237 e. The van der Waals surface area contributed by atoms with Crippen molar-refractivity contribution in [1.29, 1.82) is 0 Å². The molecule has 1 aliphatic rings. The molecular weight excluding hydrogens is 126 g/mol. The molecule has 0 bridgehead atoms. The van der Waals surface area contributed by atoms with Gasteiger partial charge in [0, 0.05) is 59.1 Å². The van der Waals surface area contributed by atoms with Crippen LogP contribution in [0.15, 0.2) is 0 Å². The summed E-state index contributed by atoms with van der Waals surface area (Å²) in [4.78, 5) is 9.14. The summed E-state index contributed by atoms with van der Waals surface area (Å²) in [7, 11) is 0. The van der Waals surface area contributed by atoms with E-state index in [4.69, 9.17) is 0 Å². The molecule has 0 spiro atoms. The van der Waals surface area contributed by atoms with Gasteiger partial charge in [0.15, 0.2) is 0 Å². The first kappa shape index (κ1) is 12.6. The average molecular weight is 134 g/mol. The van der Waals surface area contributed by atoms with E-state index in [2.05, 4.69) is 9.78 Å². The second kappa shape index (κ2) is 8.92. The average Bonchev–Trinajstić information content (AvgIpc) is 1.72. The van der Waals surface area contributed by atoms with Gasteiger partial charge in [-0.15, -0.1) is 0 Å². The van der Waals surface area contributed by atoms with E-state index < -0.39 is 0 Å². The van der Waals surface area contributed by atoms with Crippen LogP contribution < -0.4 is 0 Å². The van der Waals surface area contributed by atoms with Gasteiger partial charge in [0.25, 0.3) is 0 Å². The molecule has 4 heteroatoms. The summed E-state index contributed by atoms with van der Waals surface area (Å²) in [5, 5.41) is 0. The molecule has 2 radical (unpaired) electrons. The van der Waals surface area contributed by atoms with Crippen LogP contribution in [0.4, 0.5) is 0 Å². The summed E-state index contributed by atoms with van der Waals surface area (Å²) in [6.45, 7) is 1.56. The summed E-state index contributed by atoms with van der Waals surface area (Å²) in [6, 6.07) is 0. The molecule has 1 saturated heterocycles. The van der Waals surface area contributed by atoms with Gasteiger partial charge in [-0.1, -0.05) is 0 Å². The number of hydrogen-bond donors (Lipinski definition) is 0. The monoisotopic (exact) mass is 134 g/mol. The maximum atomic E-state index is 4.57. The van der Waals surface area contributed by atoms with Crippen molar-refractivity contribution in [3.8, 4) is 0 Å². The maximum absolute atomic E-state index is 4.57. The van der Waals surface area contributed by atoms with Crippen molar-refractivity contribution in [2.24, 2.45) is 0 Å². The molecule has 8 heavy (non-hydrogen) atoms. The van der Waals surface area contributed by atoms with E-state index >= 15 is 0 Å². The summed E-state index contributed by atoms with van der Waals surface area (Å²) in [6.07, 6.45) is 2.31. The molecule has 0 aliphatic carbocycles. The van der Waals surface area contributed by atoms with E-state index in [1.165, 1.54) is 0 Å². The summed E-state index contributed by atoms with van der Waals surface area (Å²) in [5.74, 6) is 0. The minimum absolute atomic E-state index is 0. The molecule has 2 nitrogen and oxygen atoms in total. The number of rotatable bonds is 0. The van der Waals surface area contributed by atoms with Gasteiger partial charge < -0.3 is 0 Å². The Bertz CT molecular complexity index is 27.5. The Labute approximate surface area is 93.8 Å². The van der Waals surface area contributed by atoms with Crippen LogP contribution in [0.3, 0.4) is 0 Å². The van der Waals surface area contributed by atoms with Crippen molar-refractivity contribution in [3.05, 3.63) is 0 Å². The molecule has 1 fully saturated rings. The van der Waals surface area contributed by atoms with Crippen molar-refractivity contribution in [2.75, 3.05) is 13.2 Å². The fourth-order valence-electron chi connectivity index (χ4n) is 0.440. The van der Waals surface area contributed by atoms with E-state index in [1.807, 2.05) is 0 Å². The second-order valence-electron chi connectivity index (χ2n) is 1.35. The molecule has 38 valence electrons. The first-order valence-corrected chi connectivity index (χ1v) is 2.24. The van der Waals surface area contributed by atoms with Crippen molar-refractivity contribution >= 4 is 59.1 Å². The van der Waals surface area contributed by atoms with Crippen molar-refractivity contribution in [3.63, 3.8) is 0 Å². The fraction of sp³-hybridized carbons (Fsp3) is 1.00. The molecule has 0 unspecified atom stereocenters. The predicted octanol–water partition coefficient (Wildman–Crippen LogP) is -0.0332. The van der Waals surface area contributed by atoms with Gasteiger partial charge in [0.2, 0.25) is 0 Å². The summed E-state index contributed by atoms with van der Waals surface area (Å²) < 4.78 is 0. The standard InChI is InChI=1S/C4H8O2.2Na/c1-2-4-6-5-3-1;;/h1-4H2;;. The quantitative estimate of drug-likeness (QED) is 0.342. The van der Waals surface area contributed by atoms with E-state index in [9.17, 15) is 0 Å². The van der Waals surface area contributed by atoms with Crippen molar-refractivity contribution < 1.29 is 9.78 Å². The van der Waals surface area contributed by atoms with Crippen LogP contribution in [0.1, 0.15) is 12.8 Å². The maximum Gasteiger partial charge on any atom is 0.0823 e. The molecule has 0 atom stereocenters. The minimum atomic E-state index is 0. The largest absolute Gasteiger partial charge is 0.237 e. The third-order valence-electron chi connectivity index (χ3n) is 0.789. The van der Waals surface area contributed by atoms with Gasteiger partial charge >= 0.3 is 0 Å². The first-order valence-electron chi connectivity index (χ1n) is 2.24. The molecule has 1 aliphatic heterocycles. The van der Waals surface area contributed by atoms with Crippen LogP contribution in [-0.2, 0) is 9.78 Å². The Morgan fingerprint density at radius 1 is 0.750 bits per heavy atom.